The Labute approximate surface area is 143 Å². The molecular weight excluding hydrogens is 304 g/mol. The molecule has 130 valence electrons. The molecule has 6 nitrogen and oxygen atoms in total. The van der Waals surface area contributed by atoms with E-state index in [0.717, 1.165) is 44.7 Å². The normalized spacial score (nSPS) is 21.8. The number of nitrogens with one attached hydrogen (secondary N) is 1. The van der Waals surface area contributed by atoms with Gasteiger partial charge < -0.3 is 20.0 Å². The molecule has 1 aromatic carbocycles. The summed E-state index contributed by atoms with van der Waals surface area (Å²) < 4.78 is 0. The van der Waals surface area contributed by atoms with Gasteiger partial charge in [0.2, 0.25) is 11.8 Å². The summed E-state index contributed by atoms with van der Waals surface area (Å²) >= 11 is 0. The highest BCUT2D eigenvalue weighted by atomic mass is 16.2. The highest BCUT2D eigenvalue weighted by molar-refractivity contribution is 5.97. The van der Waals surface area contributed by atoms with Gasteiger partial charge in [-0.05, 0) is 44.2 Å². The third kappa shape index (κ3) is 3.70. The van der Waals surface area contributed by atoms with Crippen LogP contribution < -0.4 is 10.2 Å². The minimum atomic E-state index is -0.334. The maximum Gasteiger partial charge on any atom is 0.247 e. The van der Waals surface area contributed by atoms with Gasteiger partial charge in [0.05, 0.1) is 0 Å². The van der Waals surface area contributed by atoms with Crippen LogP contribution in [-0.2, 0) is 9.59 Å². The lowest BCUT2D eigenvalue weighted by Crippen LogP contribution is -2.44. The number of piperazine rings is 1. The van der Waals surface area contributed by atoms with E-state index in [2.05, 4.69) is 34.3 Å². The molecule has 1 N–H and O–H groups in total. The number of anilines is 2. The van der Waals surface area contributed by atoms with Crippen molar-refractivity contribution in [1.82, 2.24) is 9.80 Å². The first-order chi connectivity index (χ1) is 11.5. The summed E-state index contributed by atoms with van der Waals surface area (Å²) in [4.78, 5) is 30.4. The number of likely N-dealkylation sites (N-methyl/N-ethyl adjacent to an activating group) is 1. The predicted octanol–water partition coefficient (Wildman–Crippen LogP) is 1.39. The second-order valence-electron chi connectivity index (χ2n) is 6.70. The first kappa shape index (κ1) is 16.8. The second kappa shape index (κ2) is 7.21. The van der Waals surface area contributed by atoms with Crippen LogP contribution >= 0.6 is 0 Å². The van der Waals surface area contributed by atoms with Crippen molar-refractivity contribution in [2.45, 2.75) is 25.8 Å². The fraction of sp³-hybridized carbons (Fsp3) is 0.556. The van der Waals surface area contributed by atoms with Crippen LogP contribution in [0.15, 0.2) is 24.3 Å². The van der Waals surface area contributed by atoms with Crippen molar-refractivity contribution < 1.29 is 9.59 Å². The number of likely N-dealkylation sites (tertiary alicyclic amines) is 1. The van der Waals surface area contributed by atoms with E-state index >= 15 is 0 Å². The number of hydrogen-bond donors (Lipinski definition) is 1. The minimum Gasteiger partial charge on any atom is -0.369 e. The van der Waals surface area contributed by atoms with Crippen LogP contribution in [-0.4, -0.2) is 67.4 Å². The molecule has 0 spiro atoms. The lowest BCUT2D eigenvalue weighted by Gasteiger charge is -2.34. The van der Waals surface area contributed by atoms with Gasteiger partial charge in [-0.25, -0.2) is 0 Å². The van der Waals surface area contributed by atoms with E-state index in [-0.39, 0.29) is 17.9 Å². The van der Waals surface area contributed by atoms with E-state index in [0.29, 0.717) is 6.54 Å². The van der Waals surface area contributed by atoms with Crippen molar-refractivity contribution in [3.63, 3.8) is 0 Å². The lowest BCUT2D eigenvalue weighted by molar-refractivity contribution is -0.134. The quantitative estimate of drug-likeness (QED) is 0.910. The Morgan fingerprint density at radius 1 is 1.04 bits per heavy atom. The molecule has 0 aromatic heterocycles. The number of amides is 2. The average molecular weight is 330 g/mol. The molecule has 2 aliphatic rings. The monoisotopic (exact) mass is 330 g/mol. The summed E-state index contributed by atoms with van der Waals surface area (Å²) in [5.41, 5.74) is 1.97. The highest BCUT2D eigenvalue weighted by Crippen LogP contribution is 2.22. The van der Waals surface area contributed by atoms with E-state index in [1.807, 2.05) is 12.1 Å². The summed E-state index contributed by atoms with van der Waals surface area (Å²) in [7, 11) is 2.14. The van der Waals surface area contributed by atoms with Gasteiger partial charge in [0.1, 0.15) is 6.04 Å². The molecule has 2 aliphatic heterocycles. The van der Waals surface area contributed by atoms with Gasteiger partial charge in [0.15, 0.2) is 0 Å². The van der Waals surface area contributed by atoms with Crippen LogP contribution in [0.4, 0.5) is 11.4 Å². The number of nitrogens with zero attached hydrogens (tertiary/aromatic N) is 3. The summed E-state index contributed by atoms with van der Waals surface area (Å²) in [5, 5.41) is 2.95. The van der Waals surface area contributed by atoms with Crippen molar-refractivity contribution in [3.05, 3.63) is 24.3 Å². The molecule has 24 heavy (non-hydrogen) atoms. The third-order valence-electron chi connectivity index (χ3n) is 4.96. The van der Waals surface area contributed by atoms with Gasteiger partial charge >= 0.3 is 0 Å². The Balaban J connectivity index is 1.60. The second-order valence-corrected chi connectivity index (χ2v) is 6.70. The van der Waals surface area contributed by atoms with Crippen LogP contribution in [0.25, 0.3) is 0 Å². The van der Waals surface area contributed by atoms with Crippen LogP contribution in [0.1, 0.15) is 19.8 Å². The van der Waals surface area contributed by atoms with E-state index in [9.17, 15) is 9.59 Å². The first-order valence-electron chi connectivity index (χ1n) is 8.66. The maximum absolute atomic E-state index is 12.4. The Kier molecular flexibility index (Phi) is 5.04. The SMILES string of the molecule is CC(=O)N1CCCC1C(=O)Nc1ccc(N2CCN(C)CC2)cc1. The molecule has 0 saturated carbocycles. The maximum atomic E-state index is 12.4. The van der Waals surface area contributed by atoms with Crippen molar-refractivity contribution >= 4 is 23.2 Å². The third-order valence-corrected chi connectivity index (χ3v) is 4.96. The van der Waals surface area contributed by atoms with E-state index in [1.54, 1.807) is 4.90 Å². The number of rotatable bonds is 3. The van der Waals surface area contributed by atoms with E-state index in [4.69, 9.17) is 0 Å². The van der Waals surface area contributed by atoms with Crippen molar-refractivity contribution in [2.24, 2.45) is 0 Å². The zero-order chi connectivity index (χ0) is 17.1. The molecule has 0 radical (unpaired) electrons. The molecule has 3 rings (SSSR count). The summed E-state index contributed by atoms with van der Waals surface area (Å²) in [6.07, 6.45) is 1.63. The van der Waals surface area contributed by atoms with Crippen molar-refractivity contribution in [2.75, 3.05) is 50.0 Å². The van der Waals surface area contributed by atoms with Gasteiger partial charge in [-0.3, -0.25) is 9.59 Å². The van der Waals surface area contributed by atoms with Gasteiger partial charge in [0.25, 0.3) is 0 Å². The van der Waals surface area contributed by atoms with Gasteiger partial charge in [-0.2, -0.15) is 0 Å². The summed E-state index contributed by atoms with van der Waals surface area (Å²) in [6.45, 7) is 6.39. The van der Waals surface area contributed by atoms with Gasteiger partial charge in [0, 0.05) is 51.0 Å². The summed E-state index contributed by atoms with van der Waals surface area (Å²) in [5.74, 6) is -0.117. The lowest BCUT2D eigenvalue weighted by atomic mass is 10.2. The smallest absolute Gasteiger partial charge is 0.247 e. The number of carbonyl (C=O) groups is 2. The molecule has 1 unspecified atom stereocenters. The molecule has 2 amide bonds. The van der Waals surface area contributed by atoms with Crippen LogP contribution in [0.2, 0.25) is 0 Å². The fourth-order valence-corrected chi connectivity index (χ4v) is 3.46. The zero-order valence-corrected chi connectivity index (χ0v) is 14.5. The average Bonchev–Trinajstić information content (AvgIpc) is 3.06. The number of carbonyl (C=O) groups excluding carboxylic acids is 2. The molecule has 0 aliphatic carbocycles. The standard InChI is InChI=1S/C18H26N4O2/c1-14(23)22-9-3-4-17(22)18(24)19-15-5-7-16(8-6-15)21-12-10-20(2)11-13-21/h5-8,17H,3-4,9-13H2,1-2H3,(H,19,24). The zero-order valence-electron chi connectivity index (χ0n) is 14.5. The minimum absolute atomic E-state index is 0.0296. The molecule has 0 bridgehead atoms. The molecule has 2 fully saturated rings. The number of benzene rings is 1. The van der Waals surface area contributed by atoms with Crippen LogP contribution in [0.3, 0.4) is 0 Å². The van der Waals surface area contributed by atoms with Crippen molar-refractivity contribution in [3.8, 4) is 0 Å². The Hall–Kier alpha value is -2.08. The molecule has 2 heterocycles. The highest BCUT2D eigenvalue weighted by Gasteiger charge is 2.32. The predicted molar refractivity (Wildman–Crippen MR) is 95.2 cm³/mol. The van der Waals surface area contributed by atoms with Gasteiger partial charge in [-0.1, -0.05) is 0 Å². The fourth-order valence-electron chi connectivity index (χ4n) is 3.46. The topological polar surface area (TPSA) is 55.9 Å². The Morgan fingerprint density at radius 2 is 1.71 bits per heavy atom. The Bertz CT molecular complexity index is 594. The first-order valence-corrected chi connectivity index (χ1v) is 8.66. The largest absolute Gasteiger partial charge is 0.369 e. The Morgan fingerprint density at radius 3 is 2.33 bits per heavy atom. The van der Waals surface area contributed by atoms with Crippen LogP contribution in [0.5, 0.6) is 0 Å². The molecular formula is C18H26N4O2. The molecule has 6 heteroatoms. The van der Waals surface area contributed by atoms with E-state index in [1.165, 1.54) is 12.6 Å². The van der Waals surface area contributed by atoms with Crippen LogP contribution in [0, 0.1) is 0 Å². The molecule has 2 saturated heterocycles. The summed E-state index contributed by atoms with van der Waals surface area (Å²) in [6, 6.07) is 7.66. The van der Waals surface area contributed by atoms with Gasteiger partial charge in [-0.15, -0.1) is 0 Å². The molecule has 1 aromatic rings. The van der Waals surface area contributed by atoms with Crippen molar-refractivity contribution in [1.29, 1.82) is 0 Å². The van der Waals surface area contributed by atoms with E-state index < -0.39 is 0 Å². The number of hydrogen-bond acceptors (Lipinski definition) is 4. The molecule has 1 atom stereocenters.